The van der Waals surface area contributed by atoms with E-state index in [-0.39, 0.29) is 6.09 Å². The van der Waals surface area contributed by atoms with E-state index in [4.69, 9.17) is 4.74 Å². The Morgan fingerprint density at radius 1 is 1.30 bits per heavy atom. The lowest BCUT2D eigenvalue weighted by atomic mass is 9.97. The van der Waals surface area contributed by atoms with E-state index in [9.17, 15) is 4.79 Å². The number of benzene rings is 1. The predicted molar refractivity (Wildman–Crippen MR) is 83.9 cm³/mol. The standard InChI is InChI=1S/C16H20BrNO2/c17-10-4-7-14-8-11-18(12-9-14)16(19)20-13-15-5-2-1-3-6-15/h1-7,14H,8-13H2/b7-4+. The second-order valence-corrected chi connectivity index (χ2v) is 5.59. The van der Waals surface area contributed by atoms with Crippen LogP contribution in [-0.2, 0) is 11.3 Å². The Bertz CT molecular complexity index is 439. The van der Waals surface area contributed by atoms with Crippen molar-refractivity contribution in [3.63, 3.8) is 0 Å². The van der Waals surface area contributed by atoms with E-state index >= 15 is 0 Å². The minimum atomic E-state index is -0.197. The number of rotatable bonds is 4. The van der Waals surface area contributed by atoms with Crippen LogP contribution in [0.15, 0.2) is 42.5 Å². The van der Waals surface area contributed by atoms with Crippen LogP contribution < -0.4 is 0 Å². The van der Waals surface area contributed by atoms with Gasteiger partial charge in [0.25, 0.3) is 0 Å². The number of ether oxygens (including phenoxy) is 1. The Hall–Kier alpha value is -1.29. The van der Waals surface area contributed by atoms with E-state index in [2.05, 4.69) is 28.1 Å². The number of amides is 1. The first-order valence-electron chi connectivity index (χ1n) is 6.98. The van der Waals surface area contributed by atoms with Crippen LogP contribution in [0.1, 0.15) is 18.4 Å². The van der Waals surface area contributed by atoms with Gasteiger partial charge in [0.2, 0.25) is 0 Å². The maximum Gasteiger partial charge on any atom is 0.410 e. The molecule has 1 aliphatic rings. The summed E-state index contributed by atoms with van der Waals surface area (Å²) in [5, 5.41) is 0.895. The van der Waals surface area contributed by atoms with Gasteiger partial charge in [0, 0.05) is 18.4 Å². The lowest BCUT2D eigenvalue weighted by Crippen LogP contribution is -2.38. The van der Waals surface area contributed by atoms with Gasteiger partial charge in [-0.15, -0.1) is 0 Å². The zero-order valence-corrected chi connectivity index (χ0v) is 13.1. The smallest absolute Gasteiger partial charge is 0.410 e. The van der Waals surface area contributed by atoms with Crippen molar-refractivity contribution >= 4 is 22.0 Å². The van der Waals surface area contributed by atoms with Crippen LogP contribution in [-0.4, -0.2) is 29.4 Å². The normalized spacial score (nSPS) is 16.6. The number of carbonyl (C=O) groups is 1. The minimum Gasteiger partial charge on any atom is -0.445 e. The molecule has 0 spiro atoms. The lowest BCUT2D eigenvalue weighted by molar-refractivity contribution is 0.0854. The van der Waals surface area contributed by atoms with E-state index < -0.39 is 0 Å². The van der Waals surface area contributed by atoms with Crippen molar-refractivity contribution < 1.29 is 9.53 Å². The number of likely N-dealkylation sites (tertiary alicyclic amines) is 1. The van der Waals surface area contributed by atoms with Crippen molar-refractivity contribution in [2.24, 2.45) is 5.92 Å². The highest BCUT2D eigenvalue weighted by Gasteiger charge is 2.22. The Kier molecular flexibility index (Phi) is 6.12. The highest BCUT2D eigenvalue weighted by atomic mass is 79.9. The van der Waals surface area contributed by atoms with Crippen LogP contribution in [0.2, 0.25) is 0 Å². The number of hydrogen-bond donors (Lipinski definition) is 0. The number of alkyl halides is 1. The first kappa shape index (κ1) is 15.1. The van der Waals surface area contributed by atoms with E-state index in [1.807, 2.05) is 30.3 Å². The number of nitrogens with zero attached hydrogens (tertiary/aromatic N) is 1. The average molecular weight is 338 g/mol. The summed E-state index contributed by atoms with van der Waals surface area (Å²) >= 11 is 3.38. The summed E-state index contributed by atoms with van der Waals surface area (Å²) in [5.74, 6) is 0.589. The average Bonchev–Trinajstić information content (AvgIpc) is 2.52. The summed E-state index contributed by atoms with van der Waals surface area (Å²) in [4.78, 5) is 13.8. The van der Waals surface area contributed by atoms with Gasteiger partial charge in [-0.05, 0) is 24.3 Å². The Morgan fingerprint density at radius 2 is 2.00 bits per heavy atom. The van der Waals surface area contributed by atoms with Crippen LogP contribution in [0.3, 0.4) is 0 Å². The quantitative estimate of drug-likeness (QED) is 0.614. The van der Waals surface area contributed by atoms with Gasteiger partial charge < -0.3 is 9.64 Å². The molecule has 0 bridgehead atoms. The summed E-state index contributed by atoms with van der Waals surface area (Å²) in [5.41, 5.74) is 1.02. The fraction of sp³-hybridized carbons (Fsp3) is 0.438. The molecule has 4 heteroatoms. The SMILES string of the molecule is O=C(OCc1ccccc1)N1CCC(/C=C/CBr)CC1. The van der Waals surface area contributed by atoms with Crippen molar-refractivity contribution in [1.29, 1.82) is 0 Å². The molecule has 0 aliphatic carbocycles. The third-order valence-electron chi connectivity index (χ3n) is 3.50. The molecule has 0 radical (unpaired) electrons. The molecule has 1 aliphatic heterocycles. The van der Waals surface area contributed by atoms with Gasteiger partial charge in [0.1, 0.15) is 6.61 Å². The second-order valence-electron chi connectivity index (χ2n) is 4.95. The van der Waals surface area contributed by atoms with Crippen molar-refractivity contribution in [2.45, 2.75) is 19.4 Å². The van der Waals surface area contributed by atoms with E-state index in [0.717, 1.165) is 36.8 Å². The molecular formula is C16H20BrNO2. The largest absolute Gasteiger partial charge is 0.445 e. The zero-order chi connectivity index (χ0) is 14.2. The fourth-order valence-corrected chi connectivity index (χ4v) is 2.54. The summed E-state index contributed by atoms with van der Waals surface area (Å²) < 4.78 is 5.35. The molecular weight excluding hydrogens is 318 g/mol. The third kappa shape index (κ3) is 4.67. The van der Waals surface area contributed by atoms with Crippen molar-refractivity contribution in [3.05, 3.63) is 48.0 Å². The molecule has 1 saturated heterocycles. The number of carbonyl (C=O) groups excluding carboxylic acids is 1. The summed E-state index contributed by atoms with van der Waals surface area (Å²) in [6.45, 7) is 1.92. The van der Waals surface area contributed by atoms with E-state index in [0.29, 0.717) is 12.5 Å². The molecule has 2 rings (SSSR count). The van der Waals surface area contributed by atoms with Crippen LogP contribution >= 0.6 is 15.9 Å². The lowest BCUT2D eigenvalue weighted by Gasteiger charge is -2.29. The number of piperidine rings is 1. The van der Waals surface area contributed by atoms with Crippen LogP contribution in [0.4, 0.5) is 4.79 Å². The number of hydrogen-bond acceptors (Lipinski definition) is 2. The third-order valence-corrected chi connectivity index (χ3v) is 3.87. The van der Waals surface area contributed by atoms with E-state index in [1.54, 1.807) is 4.90 Å². The van der Waals surface area contributed by atoms with Gasteiger partial charge in [0.15, 0.2) is 0 Å². The Morgan fingerprint density at radius 3 is 2.65 bits per heavy atom. The zero-order valence-electron chi connectivity index (χ0n) is 11.5. The summed E-state index contributed by atoms with van der Waals surface area (Å²) in [6.07, 6.45) is 6.21. The molecule has 0 saturated carbocycles. The molecule has 3 nitrogen and oxygen atoms in total. The first-order chi connectivity index (χ1) is 9.79. The number of halogens is 1. The fourth-order valence-electron chi connectivity index (χ4n) is 2.33. The van der Waals surface area contributed by atoms with Crippen LogP contribution in [0.25, 0.3) is 0 Å². The molecule has 0 unspecified atom stereocenters. The Balaban J connectivity index is 1.73. The molecule has 20 heavy (non-hydrogen) atoms. The monoisotopic (exact) mass is 337 g/mol. The maximum atomic E-state index is 12.0. The molecule has 1 heterocycles. The molecule has 108 valence electrons. The van der Waals surface area contributed by atoms with Gasteiger partial charge in [-0.3, -0.25) is 0 Å². The second kappa shape index (κ2) is 8.10. The number of allylic oxidation sites excluding steroid dienone is 2. The van der Waals surface area contributed by atoms with Gasteiger partial charge in [-0.2, -0.15) is 0 Å². The first-order valence-corrected chi connectivity index (χ1v) is 8.10. The van der Waals surface area contributed by atoms with Gasteiger partial charge in [0.05, 0.1) is 0 Å². The molecule has 1 aromatic carbocycles. The van der Waals surface area contributed by atoms with Gasteiger partial charge in [-0.1, -0.05) is 58.4 Å². The topological polar surface area (TPSA) is 29.5 Å². The molecule has 0 atom stereocenters. The minimum absolute atomic E-state index is 0.197. The predicted octanol–water partition coefficient (Wildman–Crippen LogP) is 3.99. The Labute approximate surface area is 128 Å². The van der Waals surface area contributed by atoms with E-state index in [1.165, 1.54) is 0 Å². The van der Waals surface area contributed by atoms with Crippen molar-refractivity contribution in [3.8, 4) is 0 Å². The molecule has 1 aromatic rings. The molecule has 0 aromatic heterocycles. The molecule has 0 N–H and O–H groups in total. The highest BCUT2D eigenvalue weighted by molar-refractivity contribution is 9.09. The van der Waals surface area contributed by atoms with Gasteiger partial charge in [-0.25, -0.2) is 4.79 Å². The molecule has 1 amide bonds. The van der Waals surface area contributed by atoms with Crippen LogP contribution in [0.5, 0.6) is 0 Å². The summed E-state index contributed by atoms with van der Waals surface area (Å²) in [7, 11) is 0. The van der Waals surface area contributed by atoms with Crippen molar-refractivity contribution in [1.82, 2.24) is 4.90 Å². The molecule has 1 fully saturated rings. The van der Waals surface area contributed by atoms with Crippen molar-refractivity contribution in [2.75, 3.05) is 18.4 Å². The highest BCUT2D eigenvalue weighted by Crippen LogP contribution is 2.19. The summed E-state index contributed by atoms with van der Waals surface area (Å²) in [6, 6.07) is 9.78. The maximum absolute atomic E-state index is 12.0. The van der Waals surface area contributed by atoms with Gasteiger partial charge >= 0.3 is 6.09 Å². The van der Waals surface area contributed by atoms with Crippen LogP contribution in [0, 0.1) is 5.92 Å².